The van der Waals surface area contributed by atoms with Crippen molar-refractivity contribution in [1.82, 2.24) is 0 Å². The second kappa shape index (κ2) is 4.18. The maximum Gasteiger partial charge on any atom is 0.112 e. The van der Waals surface area contributed by atoms with Gasteiger partial charge in [-0.25, -0.2) is 0 Å². The molecular formula is C12H20O2. The molecule has 0 aromatic carbocycles. The van der Waals surface area contributed by atoms with Crippen LogP contribution in [0, 0.1) is 6.92 Å². The Labute approximate surface area is 85.9 Å². The fourth-order valence-corrected chi connectivity index (χ4v) is 2.01. The average Bonchev–Trinajstić information content (AvgIpc) is 2.41. The van der Waals surface area contributed by atoms with Crippen LogP contribution in [0.1, 0.15) is 62.2 Å². The molecule has 1 aromatic heterocycles. The van der Waals surface area contributed by atoms with Crippen LogP contribution in [0.2, 0.25) is 0 Å². The highest BCUT2D eigenvalue weighted by atomic mass is 16.3. The minimum atomic E-state index is 0.0817. The standard InChI is InChI=1S/C12H20O2/c1-7(2)11-9(5)14-12(8(3)4)10(11)6-13/h7-8,13H,6H2,1-5H3. The Morgan fingerprint density at radius 1 is 1.14 bits per heavy atom. The van der Waals surface area contributed by atoms with Crippen LogP contribution in [-0.4, -0.2) is 5.11 Å². The average molecular weight is 196 g/mol. The summed E-state index contributed by atoms with van der Waals surface area (Å²) in [5, 5.41) is 9.35. The summed E-state index contributed by atoms with van der Waals surface area (Å²) in [6.07, 6.45) is 0. The third-order valence-corrected chi connectivity index (χ3v) is 2.52. The fourth-order valence-electron chi connectivity index (χ4n) is 2.01. The lowest BCUT2D eigenvalue weighted by atomic mass is 9.96. The highest BCUT2D eigenvalue weighted by Gasteiger charge is 2.20. The molecule has 1 rings (SSSR count). The van der Waals surface area contributed by atoms with Crippen LogP contribution in [-0.2, 0) is 6.61 Å². The van der Waals surface area contributed by atoms with Crippen molar-refractivity contribution in [3.05, 3.63) is 22.6 Å². The van der Waals surface area contributed by atoms with Gasteiger partial charge in [-0.3, -0.25) is 0 Å². The van der Waals surface area contributed by atoms with Gasteiger partial charge >= 0.3 is 0 Å². The fraction of sp³-hybridized carbons (Fsp3) is 0.667. The summed E-state index contributed by atoms with van der Waals surface area (Å²) in [6.45, 7) is 10.5. The van der Waals surface area contributed by atoms with Crippen LogP contribution in [0.15, 0.2) is 4.42 Å². The zero-order valence-corrected chi connectivity index (χ0v) is 9.72. The maximum absolute atomic E-state index is 9.35. The van der Waals surface area contributed by atoms with Gasteiger partial charge in [-0.15, -0.1) is 0 Å². The lowest BCUT2D eigenvalue weighted by Crippen LogP contribution is -1.97. The number of aryl methyl sites for hydroxylation is 1. The van der Waals surface area contributed by atoms with Crippen molar-refractivity contribution >= 4 is 0 Å². The van der Waals surface area contributed by atoms with Gasteiger partial charge in [0.1, 0.15) is 11.5 Å². The van der Waals surface area contributed by atoms with E-state index in [2.05, 4.69) is 27.7 Å². The first-order valence-corrected chi connectivity index (χ1v) is 5.21. The molecule has 0 spiro atoms. The Bertz CT molecular complexity index is 308. The topological polar surface area (TPSA) is 33.4 Å². The Balaban J connectivity index is 3.28. The largest absolute Gasteiger partial charge is 0.465 e. The molecule has 1 heterocycles. The van der Waals surface area contributed by atoms with Crippen LogP contribution in [0.4, 0.5) is 0 Å². The van der Waals surface area contributed by atoms with Crippen molar-refractivity contribution in [2.24, 2.45) is 0 Å². The van der Waals surface area contributed by atoms with Crippen molar-refractivity contribution in [2.75, 3.05) is 0 Å². The van der Waals surface area contributed by atoms with Gasteiger partial charge in [-0.1, -0.05) is 27.7 Å². The Hall–Kier alpha value is -0.760. The number of hydrogen-bond acceptors (Lipinski definition) is 2. The molecule has 80 valence electrons. The number of hydrogen-bond donors (Lipinski definition) is 1. The molecule has 1 aromatic rings. The van der Waals surface area contributed by atoms with E-state index in [-0.39, 0.29) is 6.61 Å². The number of furan rings is 1. The molecule has 14 heavy (non-hydrogen) atoms. The van der Waals surface area contributed by atoms with E-state index >= 15 is 0 Å². The third-order valence-electron chi connectivity index (χ3n) is 2.52. The first-order chi connectivity index (χ1) is 6.49. The van der Waals surface area contributed by atoms with Gasteiger partial charge in [-0.2, -0.15) is 0 Å². The molecule has 2 nitrogen and oxygen atoms in total. The molecule has 0 saturated carbocycles. The number of aliphatic hydroxyl groups is 1. The van der Waals surface area contributed by atoms with E-state index in [0.717, 1.165) is 17.1 Å². The van der Waals surface area contributed by atoms with Crippen LogP contribution >= 0.6 is 0 Å². The van der Waals surface area contributed by atoms with Crippen molar-refractivity contribution in [2.45, 2.75) is 53.1 Å². The van der Waals surface area contributed by atoms with E-state index in [0.29, 0.717) is 11.8 Å². The van der Waals surface area contributed by atoms with Crippen LogP contribution < -0.4 is 0 Å². The van der Waals surface area contributed by atoms with Crippen molar-refractivity contribution in [3.63, 3.8) is 0 Å². The summed E-state index contributed by atoms with van der Waals surface area (Å²) < 4.78 is 5.70. The molecular weight excluding hydrogens is 176 g/mol. The third kappa shape index (κ3) is 1.85. The summed E-state index contributed by atoms with van der Waals surface area (Å²) in [6, 6.07) is 0. The predicted octanol–water partition coefficient (Wildman–Crippen LogP) is 3.33. The minimum Gasteiger partial charge on any atom is -0.465 e. The highest BCUT2D eigenvalue weighted by Crippen LogP contribution is 2.32. The van der Waals surface area contributed by atoms with Crippen LogP contribution in [0.5, 0.6) is 0 Å². The first-order valence-electron chi connectivity index (χ1n) is 5.21. The Morgan fingerprint density at radius 3 is 2.07 bits per heavy atom. The van der Waals surface area contributed by atoms with E-state index < -0.39 is 0 Å². The summed E-state index contributed by atoms with van der Waals surface area (Å²) in [4.78, 5) is 0. The molecule has 2 heteroatoms. The smallest absolute Gasteiger partial charge is 0.112 e. The molecule has 0 atom stereocenters. The molecule has 0 saturated heterocycles. The van der Waals surface area contributed by atoms with Crippen molar-refractivity contribution in [1.29, 1.82) is 0 Å². The van der Waals surface area contributed by atoms with Crippen LogP contribution in [0.3, 0.4) is 0 Å². The van der Waals surface area contributed by atoms with E-state index in [9.17, 15) is 5.11 Å². The van der Waals surface area contributed by atoms with Gasteiger partial charge in [0.25, 0.3) is 0 Å². The van der Waals surface area contributed by atoms with Crippen molar-refractivity contribution < 1.29 is 9.52 Å². The first kappa shape index (κ1) is 11.3. The predicted molar refractivity (Wildman–Crippen MR) is 57.5 cm³/mol. The van der Waals surface area contributed by atoms with Gasteiger partial charge in [0, 0.05) is 17.0 Å². The number of aliphatic hydroxyl groups excluding tert-OH is 1. The monoisotopic (exact) mass is 196 g/mol. The summed E-state index contributed by atoms with van der Waals surface area (Å²) in [7, 11) is 0. The Kier molecular flexibility index (Phi) is 3.38. The quantitative estimate of drug-likeness (QED) is 0.804. The second-order valence-electron chi connectivity index (χ2n) is 4.38. The van der Waals surface area contributed by atoms with Crippen LogP contribution in [0.25, 0.3) is 0 Å². The maximum atomic E-state index is 9.35. The molecule has 0 aliphatic heterocycles. The van der Waals surface area contributed by atoms with Gasteiger partial charge in [0.05, 0.1) is 6.61 Å². The molecule has 0 aliphatic carbocycles. The zero-order valence-electron chi connectivity index (χ0n) is 9.72. The van der Waals surface area contributed by atoms with Gasteiger partial charge < -0.3 is 9.52 Å². The summed E-state index contributed by atoms with van der Waals surface area (Å²) in [5.74, 6) is 2.64. The lowest BCUT2D eigenvalue weighted by molar-refractivity contribution is 0.275. The molecule has 0 bridgehead atoms. The second-order valence-corrected chi connectivity index (χ2v) is 4.38. The minimum absolute atomic E-state index is 0.0817. The summed E-state index contributed by atoms with van der Waals surface area (Å²) in [5.41, 5.74) is 2.17. The Morgan fingerprint density at radius 2 is 1.71 bits per heavy atom. The van der Waals surface area contributed by atoms with E-state index in [4.69, 9.17) is 4.42 Å². The molecule has 0 fully saturated rings. The van der Waals surface area contributed by atoms with E-state index in [1.54, 1.807) is 0 Å². The lowest BCUT2D eigenvalue weighted by Gasteiger charge is -2.07. The summed E-state index contributed by atoms with van der Waals surface area (Å²) >= 11 is 0. The molecule has 0 aliphatic rings. The molecule has 1 N–H and O–H groups in total. The van der Waals surface area contributed by atoms with Crippen molar-refractivity contribution in [3.8, 4) is 0 Å². The van der Waals surface area contributed by atoms with Gasteiger partial charge in [0.15, 0.2) is 0 Å². The highest BCUT2D eigenvalue weighted by molar-refractivity contribution is 5.36. The van der Waals surface area contributed by atoms with E-state index in [1.807, 2.05) is 6.92 Å². The molecule has 0 amide bonds. The van der Waals surface area contributed by atoms with Gasteiger partial charge in [0.2, 0.25) is 0 Å². The molecule has 0 radical (unpaired) electrons. The zero-order chi connectivity index (χ0) is 10.9. The SMILES string of the molecule is Cc1oc(C(C)C)c(CO)c1C(C)C. The number of rotatable bonds is 3. The van der Waals surface area contributed by atoms with E-state index in [1.165, 1.54) is 5.56 Å². The normalized spacial score (nSPS) is 11.7. The van der Waals surface area contributed by atoms with Gasteiger partial charge in [-0.05, 0) is 12.8 Å². The molecule has 0 unspecified atom stereocenters.